The van der Waals surface area contributed by atoms with Crippen molar-refractivity contribution in [3.63, 3.8) is 0 Å². The molecule has 0 aliphatic rings. The predicted octanol–water partition coefficient (Wildman–Crippen LogP) is 0.986. The van der Waals surface area contributed by atoms with Gasteiger partial charge in [0.05, 0.1) is 0 Å². The Morgan fingerprint density at radius 2 is 1.82 bits per heavy atom. The molecule has 1 unspecified atom stereocenters. The number of carboxylic acid groups (broad SMARTS) is 1. The molecule has 0 bridgehead atoms. The minimum atomic E-state index is -4.37. The second-order valence-corrected chi connectivity index (χ2v) is 3.79. The molecule has 0 saturated heterocycles. The molecule has 0 spiro atoms. The molecule has 17 heavy (non-hydrogen) atoms. The van der Waals surface area contributed by atoms with E-state index in [2.05, 4.69) is 0 Å². The van der Waals surface area contributed by atoms with Crippen LogP contribution < -0.4 is 5.73 Å². The summed E-state index contributed by atoms with van der Waals surface area (Å²) in [6.45, 7) is 0. The van der Waals surface area contributed by atoms with Crippen molar-refractivity contribution in [1.82, 2.24) is 0 Å². The first-order valence-corrected chi connectivity index (χ1v) is 4.94. The summed E-state index contributed by atoms with van der Waals surface area (Å²) in [5.41, 5.74) is 2.60. The Hall–Kier alpha value is -1.53. The molecular formula is C11H13F2NO3. The molecule has 1 aromatic carbocycles. The number of aliphatic hydroxyl groups is 1. The second kappa shape index (κ2) is 4.77. The van der Waals surface area contributed by atoms with Crippen molar-refractivity contribution in [2.45, 2.75) is 24.5 Å². The quantitative estimate of drug-likeness (QED) is 0.675. The third-order valence-corrected chi connectivity index (χ3v) is 2.45. The fourth-order valence-electron chi connectivity index (χ4n) is 1.32. The molecule has 4 N–H and O–H groups in total. The first-order chi connectivity index (χ1) is 7.77. The highest BCUT2D eigenvalue weighted by molar-refractivity contribution is 5.76. The molecule has 0 fully saturated rings. The van der Waals surface area contributed by atoms with E-state index in [1.807, 2.05) is 0 Å². The zero-order valence-corrected chi connectivity index (χ0v) is 8.94. The number of halogens is 2. The minimum absolute atomic E-state index is 0.0662. The van der Waals surface area contributed by atoms with Crippen LogP contribution in [-0.2, 0) is 11.2 Å². The number of carboxylic acids is 1. The molecule has 0 aromatic heterocycles. The summed E-state index contributed by atoms with van der Waals surface area (Å²) in [7, 11) is 0. The van der Waals surface area contributed by atoms with E-state index in [1.165, 1.54) is 0 Å². The predicted molar refractivity (Wildman–Crippen MR) is 56.5 cm³/mol. The van der Waals surface area contributed by atoms with Crippen LogP contribution in [0, 0.1) is 0 Å². The van der Waals surface area contributed by atoms with E-state index in [-0.39, 0.29) is 6.42 Å². The lowest BCUT2D eigenvalue weighted by atomic mass is 9.97. The number of rotatable bonds is 5. The Kier molecular flexibility index (Phi) is 3.79. The van der Waals surface area contributed by atoms with Crippen LogP contribution in [-0.4, -0.2) is 27.8 Å². The van der Waals surface area contributed by atoms with Gasteiger partial charge in [0.2, 0.25) is 0 Å². The first kappa shape index (κ1) is 13.5. The average Bonchev–Trinajstić information content (AvgIpc) is 2.27. The Labute approximate surface area is 96.7 Å². The van der Waals surface area contributed by atoms with Gasteiger partial charge in [0.1, 0.15) is 0 Å². The van der Waals surface area contributed by atoms with Gasteiger partial charge in [-0.25, -0.2) is 4.79 Å². The summed E-state index contributed by atoms with van der Waals surface area (Å²) >= 11 is 0. The van der Waals surface area contributed by atoms with Crippen molar-refractivity contribution in [2.24, 2.45) is 5.73 Å². The number of alkyl halides is 2. The molecule has 1 aromatic rings. The number of hydrogen-bond donors (Lipinski definition) is 3. The van der Waals surface area contributed by atoms with Crippen LogP contribution in [0.4, 0.5) is 8.78 Å². The van der Waals surface area contributed by atoms with Crippen molar-refractivity contribution >= 4 is 5.97 Å². The lowest BCUT2D eigenvalue weighted by Gasteiger charge is -2.28. The van der Waals surface area contributed by atoms with E-state index in [4.69, 9.17) is 10.8 Å². The van der Waals surface area contributed by atoms with Crippen LogP contribution in [0.25, 0.3) is 0 Å². The molecule has 94 valence electrons. The zero-order chi connectivity index (χ0) is 13.1. The van der Waals surface area contributed by atoms with Gasteiger partial charge in [-0.2, -0.15) is 8.78 Å². The fourth-order valence-corrected chi connectivity index (χ4v) is 1.32. The van der Waals surface area contributed by atoms with E-state index >= 15 is 0 Å². The third kappa shape index (κ3) is 2.98. The minimum Gasteiger partial charge on any atom is -0.477 e. The van der Waals surface area contributed by atoms with Crippen molar-refractivity contribution < 1.29 is 23.8 Å². The summed E-state index contributed by atoms with van der Waals surface area (Å²) in [5.74, 6) is -6.81. The molecule has 6 heteroatoms. The van der Waals surface area contributed by atoms with E-state index in [9.17, 15) is 18.7 Å². The molecule has 0 heterocycles. The molecule has 0 saturated carbocycles. The molecular weight excluding hydrogens is 232 g/mol. The van der Waals surface area contributed by atoms with Crippen LogP contribution >= 0.6 is 0 Å². The number of carbonyl (C=O) groups is 1. The van der Waals surface area contributed by atoms with Crippen LogP contribution in [0.5, 0.6) is 0 Å². The highest BCUT2D eigenvalue weighted by Crippen LogP contribution is 2.28. The Bertz CT molecular complexity index is 393. The van der Waals surface area contributed by atoms with Gasteiger partial charge in [0.15, 0.2) is 5.72 Å². The van der Waals surface area contributed by atoms with Crippen LogP contribution in [0.15, 0.2) is 30.3 Å². The highest BCUT2D eigenvalue weighted by Gasteiger charge is 2.56. The van der Waals surface area contributed by atoms with Crippen molar-refractivity contribution in [3.05, 3.63) is 35.9 Å². The van der Waals surface area contributed by atoms with Gasteiger partial charge >= 0.3 is 11.9 Å². The maximum Gasteiger partial charge on any atom is 0.383 e. The van der Waals surface area contributed by atoms with Gasteiger partial charge in [-0.15, -0.1) is 0 Å². The van der Waals surface area contributed by atoms with E-state index in [0.717, 1.165) is 0 Å². The van der Waals surface area contributed by atoms with Crippen molar-refractivity contribution in [1.29, 1.82) is 0 Å². The topological polar surface area (TPSA) is 83.5 Å². The number of aryl methyl sites for hydroxylation is 1. The lowest BCUT2D eigenvalue weighted by Crippen LogP contribution is -2.60. The largest absolute Gasteiger partial charge is 0.477 e. The van der Waals surface area contributed by atoms with Crippen LogP contribution in [0.2, 0.25) is 0 Å². The Balaban J connectivity index is 2.71. The van der Waals surface area contributed by atoms with Gasteiger partial charge in [0, 0.05) is 6.42 Å². The summed E-state index contributed by atoms with van der Waals surface area (Å²) in [6, 6.07) is 8.52. The standard InChI is InChI=1S/C11H13F2NO3/c12-11(13,9(15)16)10(14,17)7-6-8-4-2-1-3-5-8/h1-5,17H,6-7,14H2,(H,15,16). The summed E-state index contributed by atoms with van der Waals surface area (Å²) in [6.07, 6.45) is -0.479. The first-order valence-electron chi connectivity index (χ1n) is 4.94. The van der Waals surface area contributed by atoms with E-state index in [0.29, 0.717) is 5.56 Å². The summed E-state index contributed by atoms with van der Waals surface area (Å²) in [5, 5.41) is 17.6. The molecule has 0 amide bonds. The number of aliphatic carboxylic acids is 1. The van der Waals surface area contributed by atoms with Gasteiger partial charge in [-0.05, 0) is 12.0 Å². The zero-order valence-electron chi connectivity index (χ0n) is 8.94. The van der Waals surface area contributed by atoms with Gasteiger partial charge < -0.3 is 10.2 Å². The lowest BCUT2D eigenvalue weighted by molar-refractivity contribution is -0.208. The monoisotopic (exact) mass is 245 g/mol. The summed E-state index contributed by atoms with van der Waals surface area (Å²) < 4.78 is 26.1. The van der Waals surface area contributed by atoms with Crippen LogP contribution in [0.3, 0.4) is 0 Å². The molecule has 0 radical (unpaired) electrons. The maximum atomic E-state index is 13.1. The molecule has 1 atom stereocenters. The SMILES string of the molecule is NC(O)(CCc1ccccc1)C(F)(F)C(=O)O. The van der Waals surface area contributed by atoms with Crippen molar-refractivity contribution in [3.8, 4) is 0 Å². The van der Waals surface area contributed by atoms with E-state index in [1.54, 1.807) is 30.3 Å². The van der Waals surface area contributed by atoms with Crippen molar-refractivity contribution in [2.75, 3.05) is 0 Å². The third-order valence-electron chi connectivity index (χ3n) is 2.45. The summed E-state index contributed by atoms with van der Waals surface area (Å²) in [4.78, 5) is 10.3. The number of hydrogen-bond acceptors (Lipinski definition) is 3. The van der Waals surface area contributed by atoms with Gasteiger partial charge in [0.25, 0.3) is 0 Å². The molecule has 0 aliphatic heterocycles. The molecule has 0 aliphatic carbocycles. The Morgan fingerprint density at radius 1 is 1.29 bits per heavy atom. The number of benzene rings is 1. The van der Waals surface area contributed by atoms with Crippen LogP contribution in [0.1, 0.15) is 12.0 Å². The average molecular weight is 245 g/mol. The van der Waals surface area contributed by atoms with E-state index < -0.39 is 24.0 Å². The Morgan fingerprint density at radius 3 is 2.29 bits per heavy atom. The maximum absolute atomic E-state index is 13.1. The molecule has 1 rings (SSSR count). The fraction of sp³-hybridized carbons (Fsp3) is 0.364. The number of nitrogens with two attached hydrogens (primary N) is 1. The van der Waals surface area contributed by atoms with Gasteiger partial charge in [-0.1, -0.05) is 30.3 Å². The smallest absolute Gasteiger partial charge is 0.383 e. The second-order valence-electron chi connectivity index (χ2n) is 3.79. The molecule has 4 nitrogen and oxygen atoms in total. The highest BCUT2D eigenvalue weighted by atomic mass is 19.3. The van der Waals surface area contributed by atoms with Gasteiger partial charge in [-0.3, -0.25) is 5.73 Å². The normalized spacial score (nSPS) is 15.3.